The fourth-order valence-corrected chi connectivity index (χ4v) is 5.91. The van der Waals surface area contributed by atoms with Gasteiger partial charge in [-0.15, -0.1) is 0 Å². The van der Waals surface area contributed by atoms with Crippen molar-refractivity contribution < 1.29 is 47.9 Å². The summed E-state index contributed by atoms with van der Waals surface area (Å²) in [7, 11) is -5.77. The summed E-state index contributed by atoms with van der Waals surface area (Å²) >= 11 is 0. The predicted octanol–water partition coefficient (Wildman–Crippen LogP) is 0.990. The van der Waals surface area contributed by atoms with Crippen LogP contribution in [0.4, 0.5) is 0 Å². The molecule has 1 aromatic carbocycles. The van der Waals surface area contributed by atoms with Crippen LogP contribution < -0.4 is 16.0 Å². The van der Waals surface area contributed by atoms with Gasteiger partial charge in [0.05, 0.1) is 12.1 Å². The Morgan fingerprint density at radius 1 is 1.00 bits per heavy atom. The number of aromatic nitrogens is 2. The van der Waals surface area contributed by atoms with Crippen LogP contribution >= 0.6 is 7.60 Å². The number of amides is 3. The molecule has 1 fully saturated rings. The van der Waals surface area contributed by atoms with E-state index in [-0.39, 0.29) is 30.4 Å². The SMILES string of the molecule is CC(C)CC(NC(=O)[C@@H](Cc1ccccc1)NC(=O)c1cnccn1)B1OCCCN(CCCC(=O)NC(C(=O)O)P(=O)(O)O)CCCO1. The third kappa shape index (κ3) is 14.3. The molecule has 0 bridgehead atoms. The lowest BCUT2D eigenvalue weighted by atomic mass is 9.73. The highest BCUT2D eigenvalue weighted by Gasteiger charge is 2.37. The molecule has 16 nitrogen and oxygen atoms in total. The van der Waals surface area contributed by atoms with Crippen molar-refractivity contribution in [2.75, 3.05) is 32.8 Å². The van der Waals surface area contributed by atoms with E-state index in [1.54, 1.807) is 0 Å². The molecular formula is C31H46BN6O10P. The molecule has 0 radical (unpaired) electrons. The average molecular weight is 705 g/mol. The molecule has 0 spiro atoms. The monoisotopic (exact) mass is 704 g/mol. The van der Waals surface area contributed by atoms with E-state index in [0.29, 0.717) is 58.5 Å². The molecule has 1 saturated heterocycles. The van der Waals surface area contributed by atoms with Crippen molar-refractivity contribution >= 4 is 38.4 Å². The summed E-state index contributed by atoms with van der Waals surface area (Å²) in [4.78, 5) is 78.4. The van der Waals surface area contributed by atoms with Crippen molar-refractivity contribution in [3.8, 4) is 0 Å². The second kappa shape index (κ2) is 20.1. The first-order valence-electron chi connectivity index (χ1n) is 16.3. The fraction of sp³-hybridized carbons (Fsp3) is 0.548. The van der Waals surface area contributed by atoms with Crippen molar-refractivity contribution in [3.05, 3.63) is 60.2 Å². The molecule has 2 heterocycles. The minimum absolute atomic E-state index is 0.0927. The van der Waals surface area contributed by atoms with Crippen molar-refractivity contribution in [3.63, 3.8) is 0 Å². The molecule has 3 rings (SSSR count). The second-order valence-corrected chi connectivity index (χ2v) is 13.9. The number of nitrogens with zero attached hydrogens (tertiary/aromatic N) is 3. The van der Waals surface area contributed by atoms with Gasteiger partial charge in [0, 0.05) is 51.5 Å². The summed E-state index contributed by atoms with van der Waals surface area (Å²) in [5, 5.41) is 16.8. The first-order valence-corrected chi connectivity index (χ1v) is 18.0. The van der Waals surface area contributed by atoms with Crippen molar-refractivity contribution in [1.82, 2.24) is 30.8 Å². The summed E-state index contributed by atoms with van der Waals surface area (Å²) in [6.07, 6.45) is 6.51. The Bertz CT molecular complexity index is 1390. The summed E-state index contributed by atoms with van der Waals surface area (Å²) in [5.41, 5.74) is 0.958. The molecule has 0 aliphatic carbocycles. The molecule has 3 atom stereocenters. The van der Waals surface area contributed by atoms with Crippen molar-refractivity contribution in [1.29, 1.82) is 0 Å². The Hall–Kier alpha value is -3.73. The molecule has 1 aliphatic rings. The number of hydrogen-bond donors (Lipinski definition) is 6. The predicted molar refractivity (Wildman–Crippen MR) is 179 cm³/mol. The van der Waals surface area contributed by atoms with E-state index in [1.807, 2.05) is 49.5 Å². The number of aliphatic carboxylic acids is 1. The second-order valence-electron chi connectivity index (χ2n) is 12.2. The van der Waals surface area contributed by atoms with Crippen LogP contribution in [0.1, 0.15) is 62.0 Å². The molecule has 6 N–H and O–H groups in total. The number of carboxylic acids is 1. The van der Waals surface area contributed by atoms with Crippen LogP contribution in [-0.4, -0.2) is 111 Å². The van der Waals surface area contributed by atoms with Gasteiger partial charge < -0.3 is 45.1 Å². The third-order valence-corrected chi connectivity index (χ3v) is 8.65. The van der Waals surface area contributed by atoms with Gasteiger partial charge in [-0.1, -0.05) is 44.2 Å². The van der Waals surface area contributed by atoms with Crippen LogP contribution in [0.5, 0.6) is 0 Å². The fourth-order valence-electron chi connectivity index (χ4n) is 5.31. The topological polar surface area (TPSA) is 230 Å². The Balaban J connectivity index is 1.58. The quantitative estimate of drug-likeness (QED) is 0.106. The highest BCUT2D eigenvalue weighted by Crippen LogP contribution is 2.39. The zero-order chi connectivity index (χ0) is 35.8. The van der Waals surface area contributed by atoms with Gasteiger partial charge in [0.2, 0.25) is 17.6 Å². The van der Waals surface area contributed by atoms with Crippen LogP contribution in [0, 0.1) is 5.92 Å². The highest BCUT2D eigenvalue weighted by atomic mass is 31.2. The number of carbonyl (C=O) groups excluding carboxylic acids is 3. The van der Waals surface area contributed by atoms with Crippen LogP contribution in [0.15, 0.2) is 48.9 Å². The summed E-state index contributed by atoms with van der Waals surface area (Å²) < 4.78 is 23.7. The van der Waals surface area contributed by atoms with Gasteiger partial charge in [-0.25, -0.2) is 9.78 Å². The van der Waals surface area contributed by atoms with Gasteiger partial charge in [0.25, 0.3) is 5.91 Å². The van der Waals surface area contributed by atoms with E-state index in [1.165, 1.54) is 18.6 Å². The highest BCUT2D eigenvalue weighted by molar-refractivity contribution is 7.53. The summed E-state index contributed by atoms with van der Waals surface area (Å²) in [6, 6.07) is 8.46. The van der Waals surface area contributed by atoms with Gasteiger partial charge in [0.15, 0.2) is 0 Å². The van der Waals surface area contributed by atoms with E-state index >= 15 is 0 Å². The molecule has 0 saturated carbocycles. The van der Waals surface area contributed by atoms with Gasteiger partial charge in [-0.2, -0.15) is 0 Å². The molecule has 268 valence electrons. The maximum atomic E-state index is 13.8. The maximum absolute atomic E-state index is 13.8. The standard InChI is InChI=1S/C31H46BN6O10P/c1-22(2)19-26(36-28(40)24(20-23-9-4-3-5-10-23)35-29(41)25-21-33-12-13-34-25)32-47-17-7-15-38(16-8-18-48-32)14-6-11-27(39)37-30(31(42)43)49(44,45)46/h3-5,9-10,12-13,21-22,24,26,30H,6-8,11,14-20H2,1-2H3,(H,35,41)(H,36,40)(H,37,39)(H,42,43)(H2,44,45,46)/t24-,26?,30?/m1/s1. The van der Waals surface area contributed by atoms with Crippen LogP contribution in [0.25, 0.3) is 0 Å². The van der Waals surface area contributed by atoms with Gasteiger partial charge >= 0.3 is 20.7 Å². The Kier molecular flexibility index (Phi) is 16.3. The molecule has 49 heavy (non-hydrogen) atoms. The number of rotatable bonds is 16. The van der Waals surface area contributed by atoms with E-state index in [4.69, 9.17) is 24.2 Å². The van der Waals surface area contributed by atoms with E-state index < -0.39 is 50.3 Å². The minimum atomic E-state index is -5.04. The molecule has 2 aromatic rings. The first kappa shape index (κ1) is 39.7. The lowest BCUT2D eigenvalue weighted by Crippen LogP contribution is -2.56. The minimum Gasteiger partial charge on any atom is -0.479 e. The largest absolute Gasteiger partial charge is 0.480 e. The van der Waals surface area contributed by atoms with Crippen LogP contribution in [-0.2, 0) is 34.7 Å². The summed E-state index contributed by atoms with van der Waals surface area (Å²) in [6.45, 7) is 6.50. The summed E-state index contributed by atoms with van der Waals surface area (Å²) in [5.74, 6) is -6.07. The van der Waals surface area contributed by atoms with E-state index in [2.05, 4.69) is 25.5 Å². The zero-order valence-corrected chi connectivity index (χ0v) is 28.7. The molecule has 18 heteroatoms. The molecule has 1 aliphatic heterocycles. The first-order chi connectivity index (χ1) is 23.3. The maximum Gasteiger partial charge on any atom is 0.480 e. The lowest BCUT2D eigenvalue weighted by molar-refractivity contribution is -0.139. The zero-order valence-electron chi connectivity index (χ0n) is 27.8. The third-order valence-electron chi connectivity index (χ3n) is 7.63. The number of carboxylic acid groups (broad SMARTS) is 1. The molecule has 1 aromatic heterocycles. The normalized spacial score (nSPS) is 16.6. The van der Waals surface area contributed by atoms with Gasteiger partial charge in [-0.3, -0.25) is 23.9 Å². The number of benzene rings is 1. The molecule has 3 amide bonds. The van der Waals surface area contributed by atoms with E-state index in [0.717, 1.165) is 5.56 Å². The van der Waals surface area contributed by atoms with Gasteiger partial charge in [-0.05, 0) is 43.7 Å². The number of hydrogen-bond acceptors (Lipinski definition) is 10. The van der Waals surface area contributed by atoms with Crippen molar-refractivity contribution in [2.45, 2.75) is 70.1 Å². The lowest BCUT2D eigenvalue weighted by Gasteiger charge is -2.30. The van der Waals surface area contributed by atoms with Crippen LogP contribution in [0.3, 0.4) is 0 Å². The van der Waals surface area contributed by atoms with Crippen LogP contribution in [0.2, 0.25) is 0 Å². The van der Waals surface area contributed by atoms with Crippen molar-refractivity contribution in [2.24, 2.45) is 5.92 Å². The Labute approximate surface area is 286 Å². The number of carbonyl (C=O) groups is 4. The van der Waals surface area contributed by atoms with E-state index in [9.17, 15) is 23.7 Å². The smallest absolute Gasteiger partial charge is 0.479 e. The average Bonchev–Trinajstić information content (AvgIpc) is 3.05. The molecule has 2 unspecified atom stereocenters. The Morgan fingerprint density at radius 3 is 2.24 bits per heavy atom. The van der Waals surface area contributed by atoms with Gasteiger partial charge in [0.1, 0.15) is 11.7 Å². The Morgan fingerprint density at radius 2 is 1.67 bits per heavy atom. The number of nitrogens with one attached hydrogen (secondary N) is 3. The molecular weight excluding hydrogens is 658 g/mol.